The second kappa shape index (κ2) is 3.27. The summed E-state index contributed by atoms with van der Waals surface area (Å²) in [5.41, 5.74) is 0.676. The molecule has 0 aliphatic heterocycles. The van der Waals surface area contributed by atoms with Gasteiger partial charge in [-0.15, -0.1) is 0 Å². The predicted octanol–water partition coefficient (Wildman–Crippen LogP) is 1.05. The number of hydrogen-bond acceptors (Lipinski definition) is 3. The first kappa shape index (κ1) is 7.15. The minimum atomic E-state index is -0.814. The molecule has 2 radical (unpaired) electrons. The third-order valence-electron chi connectivity index (χ3n) is 1.11. The Bertz CT molecular complexity index is 208. The fraction of sp³-hybridized carbons (Fsp3) is 0.143. The molecule has 0 spiro atoms. The van der Waals surface area contributed by atoms with Gasteiger partial charge in [-0.2, -0.15) is 11.3 Å². The molecule has 1 heterocycles. The zero-order chi connectivity index (χ0) is 7.40. The van der Waals surface area contributed by atoms with Crippen LogP contribution in [0, 0.1) is 0 Å². The summed E-state index contributed by atoms with van der Waals surface area (Å²) in [5, 5.41) is 3.54. The zero-order valence-electron chi connectivity index (χ0n) is 5.03. The molecular formula is C7H4O2S. The van der Waals surface area contributed by atoms with Crippen molar-refractivity contribution in [1.82, 2.24) is 0 Å². The summed E-state index contributed by atoms with van der Waals surface area (Å²) in [6, 6.07) is 1.71. The van der Waals surface area contributed by atoms with Crippen molar-refractivity contribution in [3.8, 4) is 0 Å². The van der Waals surface area contributed by atoms with E-state index in [1.165, 1.54) is 11.3 Å². The molecule has 3 heteroatoms. The van der Waals surface area contributed by atoms with E-state index < -0.39 is 5.92 Å². The Balaban J connectivity index is 2.82. The Kier molecular flexibility index (Phi) is 2.34. The molecule has 0 bridgehead atoms. The summed E-state index contributed by atoms with van der Waals surface area (Å²) >= 11 is 1.44. The maximum Gasteiger partial charge on any atom is 0.214 e. The van der Waals surface area contributed by atoms with E-state index in [1.807, 2.05) is 0 Å². The molecule has 0 aliphatic carbocycles. The van der Waals surface area contributed by atoms with Gasteiger partial charge in [0.15, 0.2) is 0 Å². The van der Waals surface area contributed by atoms with Crippen molar-refractivity contribution in [2.24, 2.45) is 0 Å². The van der Waals surface area contributed by atoms with Gasteiger partial charge in [-0.1, -0.05) is 0 Å². The fourth-order valence-electron chi connectivity index (χ4n) is 0.599. The van der Waals surface area contributed by atoms with Crippen molar-refractivity contribution < 1.29 is 9.59 Å². The van der Waals surface area contributed by atoms with E-state index in [2.05, 4.69) is 0 Å². The van der Waals surface area contributed by atoms with Gasteiger partial charge < -0.3 is 0 Å². The average molecular weight is 152 g/mol. The highest BCUT2D eigenvalue weighted by molar-refractivity contribution is 7.08. The topological polar surface area (TPSA) is 34.1 Å². The van der Waals surface area contributed by atoms with Gasteiger partial charge in [-0.25, -0.2) is 0 Å². The van der Waals surface area contributed by atoms with Crippen LogP contribution in [-0.2, 0) is 9.59 Å². The molecule has 0 amide bonds. The molecule has 1 rings (SSSR count). The second-order valence-electron chi connectivity index (χ2n) is 1.73. The zero-order valence-corrected chi connectivity index (χ0v) is 5.85. The van der Waals surface area contributed by atoms with Crippen LogP contribution in [0.2, 0.25) is 0 Å². The van der Waals surface area contributed by atoms with Gasteiger partial charge >= 0.3 is 0 Å². The van der Waals surface area contributed by atoms with Crippen molar-refractivity contribution in [1.29, 1.82) is 0 Å². The predicted molar refractivity (Wildman–Crippen MR) is 38.4 cm³/mol. The second-order valence-corrected chi connectivity index (χ2v) is 2.51. The van der Waals surface area contributed by atoms with Gasteiger partial charge in [0.1, 0.15) is 5.92 Å². The molecular weight excluding hydrogens is 148 g/mol. The monoisotopic (exact) mass is 152 g/mol. The smallest absolute Gasteiger partial charge is 0.214 e. The fourth-order valence-corrected chi connectivity index (χ4v) is 1.29. The molecule has 0 saturated heterocycles. The molecule has 0 aromatic carbocycles. The van der Waals surface area contributed by atoms with Crippen molar-refractivity contribution in [2.75, 3.05) is 0 Å². The Morgan fingerprint density at radius 1 is 1.40 bits per heavy atom. The van der Waals surface area contributed by atoms with Gasteiger partial charge in [0.05, 0.1) is 0 Å². The first-order valence-corrected chi connectivity index (χ1v) is 3.60. The van der Waals surface area contributed by atoms with E-state index in [1.54, 1.807) is 29.4 Å². The van der Waals surface area contributed by atoms with E-state index in [0.29, 0.717) is 5.56 Å². The minimum Gasteiger partial charge on any atom is -0.290 e. The Labute approximate surface area is 62.5 Å². The lowest BCUT2D eigenvalue weighted by Crippen LogP contribution is -1.98. The van der Waals surface area contributed by atoms with Gasteiger partial charge in [-0.3, -0.25) is 9.59 Å². The third kappa shape index (κ3) is 1.30. The summed E-state index contributed by atoms with van der Waals surface area (Å²) < 4.78 is 0. The van der Waals surface area contributed by atoms with E-state index >= 15 is 0 Å². The summed E-state index contributed by atoms with van der Waals surface area (Å²) in [7, 11) is 0. The molecule has 1 aromatic heterocycles. The summed E-state index contributed by atoms with van der Waals surface area (Å²) in [4.78, 5) is 20.1. The van der Waals surface area contributed by atoms with Crippen LogP contribution in [0.4, 0.5) is 0 Å². The molecule has 10 heavy (non-hydrogen) atoms. The lowest BCUT2D eigenvalue weighted by Gasteiger charge is -1.91. The van der Waals surface area contributed by atoms with Crippen molar-refractivity contribution in [3.63, 3.8) is 0 Å². The highest BCUT2D eigenvalue weighted by Crippen LogP contribution is 2.14. The van der Waals surface area contributed by atoms with Crippen LogP contribution in [0.15, 0.2) is 16.8 Å². The standard InChI is InChI=1S/C7H4O2S/c8-3-7(4-9)6-1-2-10-5-6/h1-2,5,7H. The number of hydrogen-bond donors (Lipinski definition) is 0. The molecule has 50 valence electrons. The van der Waals surface area contributed by atoms with Crippen LogP contribution in [0.25, 0.3) is 0 Å². The van der Waals surface area contributed by atoms with Crippen molar-refractivity contribution >= 4 is 23.9 Å². The number of rotatable bonds is 3. The Morgan fingerprint density at radius 3 is 2.50 bits per heavy atom. The lowest BCUT2D eigenvalue weighted by molar-refractivity contribution is 0.534. The van der Waals surface area contributed by atoms with Gasteiger partial charge in [0, 0.05) is 0 Å². The van der Waals surface area contributed by atoms with Crippen LogP contribution in [0.1, 0.15) is 11.5 Å². The quantitative estimate of drug-likeness (QED) is 0.607. The van der Waals surface area contributed by atoms with E-state index in [9.17, 15) is 9.59 Å². The van der Waals surface area contributed by atoms with Crippen molar-refractivity contribution in [2.45, 2.75) is 5.92 Å². The molecule has 0 unspecified atom stereocenters. The average Bonchev–Trinajstić information content (AvgIpc) is 2.43. The Morgan fingerprint density at radius 2 is 2.10 bits per heavy atom. The maximum atomic E-state index is 10.1. The van der Waals surface area contributed by atoms with Crippen LogP contribution in [0.5, 0.6) is 0 Å². The lowest BCUT2D eigenvalue weighted by atomic mass is 10.1. The van der Waals surface area contributed by atoms with Crippen LogP contribution < -0.4 is 0 Å². The van der Waals surface area contributed by atoms with Gasteiger partial charge in [-0.05, 0) is 22.4 Å². The van der Waals surface area contributed by atoms with Gasteiger partial charge in [0.25, 0.3) is 0 Å². The molecule has 0 N–H and O–H groups in total. The first-order valence-electron chi connectivity index (χ1n) is 2.66. The van der Waals surface area contributed by atoms with Crippen LogP contribution in [0.3, 0.4) is 0 Å². The largest absolute Gasteiger partial charge is 0.290 e. The van der Waals surface area contributed by atoms with Gasteiger partial charge in [0.2, 0.25) is 12.6 Å². The highest BCUT2D eigenvalue weighted by Gasteiger charge is 2.10. The minimum absolute atomic E-state index is 0.676. The molecule has 2 nitrogen and oxygen atoms in total. The molecule has 0 saturated carbocycles. The highest BCUT2D eigenvalue weighted by atomic mass is 32.1. The molecule has 1 aromatic rings. The van der Waals surface area contributed by atoms with Crippen molar-refractivity contribution in [3.05, 3.63) is 22.4 Å². The molecule has 0 atom stereocenters. The van der Waals surface area contributed by atoms with Crippen LogP contribution >= 0.6 is 11.3 Å². The normalized spacial score (nSPS) is 9.70. The van der Waals surface area contributed by atoms with E-state index in [-0.39, 0.29) is 0 Å². The Hall–Kier alpha value is -0.960. The third-order valence-corrected chi connectivity index (χ3v) is 1.81. The molecule has 0 aliphatic rings. The SMILES string of the molecule is O=[C]C([C]=O)c1ccsc1. The summed E-state index contributed by atoms with van der Waals surface area (Å²) in [5.74, 6) is -0.814. The molecule has 0 fully saturated rings. The summed E-state index contributed by atoms with van der Waals surface area (Å²) in [6.45, 7) is 0. The number of carbonyl (C=O) groups excluding carboxylic acids is 2. The number of thiophene rings is 1. The van der Waals surface area contributed by atoms with E-state index in [4.69, 9.17) is 0 Å². The van der Waals surface area contributed by atoms with Crippen LogP contribution in [-0.4, -0.2) is 12.6 Å². The first-order chi connectivity index (χ1) is 4.88. The summed E-state index contributed by atoms with van der Waals surface area (Å²) in [6.07, 6.45) is 3.17. The maximum absolute atomic E-state index is 10.1. The van der Waals surface area contributed by atoms with E-state index in [0.717, 1.165) is 0 Å².